The second-order valence-corrected chi connectivity index (χ2v) is 6.68. The summed E-state index contributed by atoms with van der Waals surface area (Å²) >= 11 is 6.07. The molecule has 0 spiro atoms. The molecule has 2 heterocycles. The number of carbonyl (C=O) groups excluding carboxylic acids is 1. The molecular formula is C14H11ClF3N7OS. The molecule has 1 amide bonds. The summed E-state index contributed by atoms with van der Waals surface area (Å²) in [5, 5.41) is 19.7. The number of carbonyl (C=O) groups is 1. The summed E-state index contributed by atoms with van der Waals surface area (Å²) in [4.78, 5) is 13.5. The lowest BCUT2D eigenvalue weighted by Gasteiger charge is -2.11. The lowest BCUT2D eigenvalue weighted by atomic mass is 10.2. The van der Waals surface area contributed by atoms with Crippen LogP contribution in [0.15, 0.2) is 24.3 Å². The number of nitrogens with one attached hydrogen (secondary N) is 1. The maximum Gasteiger partial charge on any atom is 0.445 e. The minimum atomic E-state index is -4.62. The van der Waals surface area contributed by atoms with Crippen LogP contribution in [-0.2, 0) is 11.0 Å². The molecule has 0 saturated carbocycles. The van der Waals surface area contributed by atoms with Crippen LogP contribution in [0.4, 0.5) is 18.3 Å². The van der Waals surface area contributed by atoms with E-state index in [9.17, 15) is 18.0 Å². The van der Waals surface area contributed by atoms with Crippen LogP contribution < -0.4 is 5.32 Å². The summed E-state index contributed by atoms with van der Waals surface area (Å²) < 4.78 is 37.7. The molecule has 0 aliphatic rings. The number of rotatable bonds is 5. The van der Waals surface area contributed by atoms with E-state index in [4.69, 9.17) is 11.6 Å². The molecule has 2 aromatic heterocycles. The number of benzene rings is 1. The lowest BCUT2D eigenvalue weighted by molar-refractivity contribution is -0.138. The van der Waals surface area contributed by atoms with Crippen molar-refractivity contribution in [3.8, 4) is 11.4 Å². The van der Waals surface area contributed by atoms with E-state index >= 15 is 0 Å². The number of aromatic nitrogens is 6. The van der Waals surface area contributed by atoms with Crippen LogP contribution in [-0.4, -0.2) is 36.3 Å². The molecule has 13 heteroatoms. The quantitative estimate of drug-likeness (QED) is 0.682. The summed E-state index contributed by atoms with van der Waals surface area (Å²) in [7, 11) is 0. The van der Waals surface area contributed by atoms with Crippen molar-refractivity contribution in [1.29, 1.82) is 0 Å². The standard InChI is InChI=1S/C14H11ClF3N7OS/c1-2-9(11(26)19-13-22-21-12(27-13)14(16,17)18)25-23-10(20-24-25)7-3-5-8(15)6-4-7/h3-6,9H,2H2,1H3,(H,19,22,26). The first kappa shape index (κ1) is 19.2. The van der Waals surface area contributed by atoms with Gasteiger partial charge in [-0.1, -0.05) is 29.9 Å². The van der Waals surface area contributed by atoms with Gasteiger partial charge in [-0.2, -0.15) is 18.0 Å². The number of halogens is 4. The Bertz CT molecular complexity index is 941. The van der Waals surface area contributed by atoms with Crippen LogP contribution in [0.1, 0.15) is 24.4 Å². The van der Waals surface area contributed by atoms with E-state index < -0.39 is 23.1 Å². The smallest absolute Gasteiger partial charge is 0.299 e. The summed E-state index contributed by atoms with van der Waals surface area (Å²) in [5.41, 5.74) is 0.653. The molecule has 27 heavy (non-hydrogen) atoms. The topological polar surface area (TPSA) is 98.5 Å². The molecule has 0 aliphatic carbocycles. The molecule has 0 radical (unpaired) electrons. The Balaban J connectivity index is 1.75. The van der Waals surface area contributed by atoms with Crippen molar-refractivity contribution in [1.82, 2.24) is 30.4 Å². The van der Waals surface area contributed by atoms with Crippen LogP contribution >= 0.6 is 22.9 Å². The summed E-state index contributed by atoms with van der Waals surface area (Å²) in [6.45, 7) is 1.71. The molecule has 1 aromatic carbocycles. The van der Waals surface area contributed by atoms with Crippen LogP contribution in [0, 0.1) is 0 Å². The number of nitrogens with zero attached hydrogens (tertiary/aromatic N) is 6. The van der Waals surface area contributed by atoms with E-state index in [0.29, 0.717) is 10.6 Å². The zero-order valence-electron chi connectivity index (χ0n) is 13.6. The van der Waals surface area contributed by atoms with Gasteiger partial charge < -0.3 is 0 Å². The highest BCUT2D eigenvalue weighted by Crippen LogP contribution is 2.33. The van der Waals surface area contributed by atoms with Crippen LogP contribution in [0.25, 0.3) is 11.4 Å². The molecule has 1 unspecified atom stereocenters. The maximum atomic E-state index is 12.6. The molecule has 1 atom stereocenters. The van der Waals surface area contributed by atoms with E-state index in [1.165, 1.54) is 0 Å². The third-order valence-corrected chi connectivity index (χ3v) is 4.53. The monoisotopic (exact) mass is 417 g/mol. The highest BCUT2D eigenvalue weighted by molar-refractivity contribution is 7.15. The van der Waals surface area contributed by atoms with Crippen molar-refractivity contribution in [2.75, 3.05) is 5.32 Å². The fourth-order valence-electron chi connectivity index (χ4n) is 2.10. The van der Waals surface area contributed by atoms with Crippen molar-refractivity contribution in [2.45, 2.75) is 25.6 Å². The van der Waals surface area contributed by atoms with Crippen molar-refractivity contribution >= 4 is 34.0 Å². The van der Waals surface area contributed by atoms with Gasteiger partial charge in [0.1, 0.15) is 0 Å². The van der Waals surface area contributed by atoms with Gasteiger partial charge in [0.25, 0.3) is 5.91 Å². The molecule has 1 N–H and O–H groups in total. The van der Waals surface area contributed by atoms with E-state index in [-0.39, 0.29) is 28.7 Å². The molecule has 0 bridgehead atoms. The largest absolute Gasteiger partial charge is 0.445 e. The van der Waals surface area contributed by atoms with Gasteiger partial charge in [-0.3, -0.25) is 10.1 Å². The van der Waals surface area contributed by atoms with E-state index in [0.717, 1.165) is 4.80 Å². The van der Waals surface area contributed by atoms with Gasteiger partial charge in [-0.15, -0.1) is 20.4 Å². The summed E-state index contributed by atoms with van der Waals surface area (Å²) in [6.07, 6.45) is -4.33. The molecular weight excluding hydrogens is 407 g/mol. The molecule has 0 fully saturated rings. The fourth-order valence-corrected chi connectivity index (χ4v) is 2.84. The summed E-state index contributed by atoms with van der Waals surface area (Å²) in [5.74, 6) is -0.337. The molecule has 142 valence electrons. The Hall–Kier alpha value is -2.60. The molecule has 8 nitrogen and oxygen atoms in total. The minimum Gasteiger partial charge on any atom is -0.299 e. The first-order chi connectivity index (χ1) is 12.8. The summed E-state index contributed by atoms with van der Waals surface area (Å²) in [6, 6.07) is 5.84. The zero-order chi connectivity index (χ0) is 19.6. The number of tetrazole rings is 1. The predicted molar refractivity (Wildman–Crippen MR) is 91.1 cm³/mol. The van der Waals surface area contributed by atoms with E-state index in [2.05, 4.69) is 30.9 Å². The number of alkyl halides is 3. The molecule has 0 aliphatic heterocycles. The maximum absolute atomic E-state index is 12.6. The highest BCUT2D eigenvalue weighted by atomic mass is 35.5. The second-order valence-electron chi connectivity index (χ2n) is 5.26. The van der Waals surface area contributed by atoms with Gasteiger partial charge in [0, 0.05) is 10.6 Å². The van der Waals surface area contributed by atoms with Gasteiger partial charge in [0.2, 0.25) is 16.0 Å². The number of amides is 1. The second kappa shape index (κ2) is 7.56. The SMILES string of the molecule is CCC(C(=O)Nc1nnc(C(F)(F)F)s1)n1nnc(-c2ccc(Cl)cc2)n1. The average Bonchev–Trinajstić information content (AvgIpc) is 3.26. The Morgan fingerprint density at radius 3 is 2.56 bits per heavy atom. The first-order valence-electron chi connectivity index (χ1n) is 7.55. The van der Waals surface area contributed by atoms with Crippen molar-refractivity contribution in [3.05, 3.63) is 34.3 Å². The first-order valence-corrected chi connectivity index (χ1v) is 8.74. The fraction of sp³-hybridized carbons (Fsp3) is 0.286. The lowest BCUT2D eigenvalue weighted by Crippen LogP contribution is -2.27. The number of hydrogen-bond donors (Lipinski definition) is 1. The Morgan fingerprint density at radius 2 is 1.96 bits per heavy atom. The van der Waals surface area contributed by atoms with E-state index in [1.54, 1.807) is 31.2 Å². The van der Waals surface area contributed by atoms with Crippen LogP contribution in [0.3, 0.4) is 0 Å². The van der Waals surface area contributed by atoms with Crippen molar-refractivity contribution in [2.24, 2.45) is 0 Å². The predicted octanol–water partition coefficient (Wildman–Crippen LogP) is 3.45. The van der Waals surface area contributed by atoms with Gasteiger partial charge in [-0.05, 0) is 35.9 Å². The number of anilines is 1. The van der Waals surface area contributed by atoms with E-state index in [1.807, 2.05) is 0 Å². The van der Waals surface area contributed by atoms with Gasteiger partial charge in [0.05, 0.1) is 0 Å². The van der Waals surface area contributed by atoms with Crippen LogP contribution in [0.5, 0.6) is 0 Å². The number of hydrogen-bond acceptors (Lipinski definition) is 7. The zero-order valence-corrected chi connectivity index (χ0v) is 15.2. The highest BCUT2D eigenvalue weighted by Gasteiger charge is 2.36. The normalized spacial score (nSPS) is 12.8. The van der Waals surface area contributed by atoms with Crippen molar-refractivity contribution in [3.63, 3.8) is 0 Å². The average molecular weight is 418 g/mol. The van der Waals surface area contributed by atoms with Crippen LogP contribution in [0.2, 0.25) is 5.02 Å². The Kier molecular flexibility index (Phi) is 5.37. The van der Waals surface area contributed by atoms with Crippen molar-refractivity contribution < 1.29 is 18.0 Å². The Labute approximate surface area is 159 Å². The van der Waals surface area contributed by atoms with Gasteiger partial charge >= 0.3 is 6.18 Å². The Morgan fingerprint density at radius 1 is 1.26 bits per heavy atom. The molecule has 3 rings (SSSR count). The molecule has 3 aromatic rings. The van der Waals surface area contributed by atoms with Gasteiger partial charge in [-0.25, -0.2) is 0 Å². The van der Waals surface area contributed by atoms with Gasteiger partial charge in [0.15, 0.2) is 6.04 Å². The minimum absolute atomic E-state index is 0.237. The third kappa shape index (κ3) is 4.39. The molecule has 0 saturated heterocycles. The third-order valence-electron chi connectivity index (χ3n) is 3.40.